The van der Waals surface area contributed by atoms with Crippen LogP contribution in [0.4, 0.5) is 0 Å². The van der Waals surface area contributed by atoms with E-state index in [1.807, 2.05) is 0 Å². The summed E-state index contributed by atoms with van der Waals surface area (Å²) in [7, 11) is -2.53. The van der Waals surface area contributed by atoms with E-state index in [4.69, 9.17) is 5.11 Å². The maximum absolute atomic E-state index is 11.3. The second kappa shape index (κ2) is 2.63. The van der Waals surface area contributed by atoms with Crippen LogP contribution < -0.4 is 0 Å². The fraction of sp³-hybridized carbons (Fsp3) is 0.167. The first kappa shape index (κ1) is 8.79. The van der Waals surface area contributed by atoms with Crippen LogP contribution in [0, 0.1) is 0 Å². The number of carboxylic acid groups (broad SMARTS) is 1. The van der Waals surface area contributed by atoms with Gasteiger partial charge in [-0.05, 0) is 5.87 Å². The molecule has 12 heavy (non-hydrogen) atoms. The molecule has 1 atom stereocenters. The van der Waals surface area contributed by atoms with Crippen LogP contribution in [0.3, 0.4) is 0 Å². The van der Waals surface area contributed by atoms with Gasteiger partial charge in [-0.3, -0.25) is 9.31 Å². The summed E-state index contributed by atoms with van der Waals surface area (Å²) in [4.78, 5) is 10.5. The minimum absolute atomic E-state index is 0.0787. The number of rotatable bonds is 2. The van der Waals surface area contributed by atoms with Gasteiger partial charge in [0, 0.05) is 15.8 Å². The molecule has 1 aromatic heterocycles. The van der Waals surface area contributed by atoms with Gasteiger partial charge in [0.2, 0.25) is 0 Å². The number of nitrogens with one attached hydrogen (secondary N) is 1. The lowest BCUT2D eigenvalue weighted by Crippen LogP contribution is -2.05. The summed E-state index contributed by atoms with van der Waals surface area (Å²) in [6.45, 7) is 0. The highest BCUT2D eigenvalue weighted by Crippen LogP contribution is 2.10. The number of aromatic carboxylic acids is 1. The van der Waals surface area contributed by atoms with Gasteiger partial charge < -0.3 is 5.11 Å². The zero-order chi connectivity index (χ0) is 9.35. The van der Waals surface area contributed by atoms with Crippen LogP contribution in [-0.4, -0.2) is 37.6 Å². The molecule has 0 spiro atoms. The third kappa shape index (κ3) is 1.48. The van der Waals surface area contributed by atoms with Gasteiger partial charge >= 0.3 is 5.97 Å². The topological polar surface area (TPSA) is 83.0 Å². The van der Waals surface area contributed by atoms with Gasteiger partial charge in [0.1, 0.15) is 10.6 Å². The zero-order valence-electron chi connectivity index (χ0n) is 6.40. The number of carbonyl (C=O) groups is 1. The Morgan fingerprint density at radius 1 is 1.83 bits per heavy atom. The van der Waals surface area contributed by atoms with Gasteiger partial charge in [0.05, 0.1) is 6.20 Å². The Balaban J connectivity index is 3.36. The monoisotopic (exact) mass is 188 g/mol. The molecule has 6 heteroatoms. The average Bonchev–Trinajstić information content (AvgIpc) is 2.30. The maximum atomic E-state index is 11.3. The van der Waals surface area contributed by atoms with Crippen LogP contribution in [0.1, 0.15) is 10.4 Å². The summed E-state index contributed by atoms with van der Waals surface area (Å²) in [6.07, 6.45) is 2.47. The Labute approximate surface area is 69.4 Å². The van der Waals surface area contributed by atoms with Crippen molar-refractivity contribution in [3.05, 3.63) is 11.8 Å². The standard InChI is InChI=1S/C6H8N2O3S/c1-12(2,11)5-4(6(9)10)3-7-8-5/h3H,1H2,2H3,(H,7,8)(H,9,10). The van der Waals surface area contributed by atoms with E-state index in [1.165, 1.54) is 6.26 Å². The molecular weight excluding hydrogens is 180 g/mol. The largest absolute Gasteiger partial charge is 0.478 e. The second-order valence-corrected chi connectivity index (χ2v) is 4.84. The number of aromatic nitrogens is 2. The van der Waals surface area contributed by atoms with Crippen LogP contribution in [0.15, 0.2) is 11.2 Å². The van der Waals surface area contributed by atoms with Gasteiger partial charge in [-0.25, -0.2) is 4.79 Å². The molecule has 0 amide bonds. The van der Waals surface area contributed by atoms with E-state index < -0.39 is 15.5 Å². The molecule has 0 saturated heterocycles. The van der Waals surface area contributed by atoms with Crippen molar-refractivity contribution in [3.8, 4) is 0 Å². The smallest absolute Gasteiger partial charge is 0.340 e. The quantitative estimate of drug-likeness (QED) is 0.630. The molecule has 0 saturated carbocycles. The van der Waals surface area contributed by atoms with E-state index in [9.17, 15) is 9.00 Å². The fourth-order valence-corrected chi connectivity index (χ4v) is 1.61. The first-order valence-corrected chi connectivity index (χ1v) is 5.15. The van der Waals surface area contributed by atoms with Crippen molar-refractivity contribution in [2.75, 3.05) is 6.26 Å². The molecule has 1 rings (SSSR count). The highest BCUT2D eigenvalue weighted by molar-refractivity contribution is 7.99. The minimum Gasteiger partial charge on any atom is -0.478 e. The van der Waals surface area contributed by atoms with E-state index in [-0.39, 0.29) is 10.6 Å². The predicted molar refractivity (Wildman–Crippen MR) is 45.0 cm³/mol. The molecule has 0 aromatic carbocycles. The molecule has 0 radical (unpaired) electrons. The van der Waals surface area contributed by atoms with E-state index in [1.54, 1.807) is 0 Å². The molecule has 1 heterocycles. The normalized spacial score (nSPS) is 15.4. The van der Waals surface area contributed by atoms with E-state index in [0.717, 1.165) is 6.20 Å². The Morgan fingerprint density at radius 2 is 2.42 bits per heavy atom. The number of H-pyrrole nitrogens is 1. The number of carboxylic acids is 1. The van der Waals surface area contributed by atoms with Crippen molar-refractivity contribution in [2.45, 2.75) is 5.03 Å². The summed E-state index contributed by atoms with van der Waals surface area (Å²) < 4.78 is 11.3. The number of hydrogen-bond acceptors (Lipinski definition) is 3. The lowest BCUT2D eigenvalue weighted by Gasteiger charge is -1.98. The average molecular weight is 188 g/mol. The van der Waals surface area contributed by atoms with Crippen molar-refractivity contribution >= 4 is 21.4 Å². The number of hydrogen-bond donors (Lipinski definition) is 2. The van der Waals surface area contributed by atoms with Crippen molar-refractivity contribution in [1.29, 1.82) is 0 Å². The van der Waals surface area contributed by atoms with Gasteiger partial charge in [-0.15, -0.1) is 0 Å². The number of aromatic amines is 1. The molecule has 66 valence electrons. The van der Waals surface area contributed by atoms with Crippen molar-refractivity contribution in [1.82, 2.24) is 10.2 Å². The van der Waals surface area contributed by atoms with E-state index in [0.29, 0.717) is 0 Å². The molecule has 0 aliphatic heterocycles. The van der Waals surface area contributed by atoms with Crippen LogP contribution in [0.25, 0.3) is 0 Å². The highest BCUT2D eigenvalue weighted by Gasteiger charge is 2.16. The lowest BCUT2D eigenvalue weighted by atomic mass is 10.4. The highest BCUT2D eigenvalue weighted by atomic mass is 32.2. The molecule has 2 N–H and O–H groups in total. The minimum atomic E-state index is -2.53. The zero-order valence-corrected chi connectivity index (χ0v) is 7.22. The third-order valence-electron chi connectivity index (χ3n) is 1.27. The molecular formula is C6H8N2O3S. The van der Waals surface area contributed by atoms with Gasteiger partial charge in [-0.2, -0.15) is 5.10 Å². The predicted octanol–water partition coefficient (Wildman–Crippen LogP) is -0.187. The molecule has 5 nitrogen and oxygen atoms in total. The van der Waals surface area contributed by atoms with Crippen molar-refractivity contribution in [3.63, 3.8) is 0 Å². The Bertz CT molecular complexity index is 404. The summed E-state index contributed by atoms with van der Waals surface area (Å²) in [5.74, 6) is 2.19. The van der Waals surface area contributed by atoms with Crippen molar-refractivity contribution < 1.29 is 14.1 Å². The molecule has 0 aliphatic rings. The molecule has 1 aromatic rings. The summed E-state index contributed by atoms with van der Waals surface area (Å²) in [5, 5.41) is 14.5. The molecule has 1 unspecified atom stereocenters. The fourth-order valence-electron chi connectivity index (χ4n) is 0.756. The van der Waals surface area contributed by atoms with E-state index in [2.05, 4.69) is 16.1 Å². The Morgan fingerprint density at radius 3 is 2.75 bits per heavy atom. The van der Waals surface area contributed by atoms with Crippen LogP contribution in [0.2, 0.25) is 0 Å². The van der Waals surface area contributed by atoms with Crippen LogP contribution in [0.5, 0.6) is 0 Å². The first-order valence-electron chi connectivity index (χ1n) is 3.02. The Hall–Kier alpha value is -1.30. The summed E-state index contributed by atoms with van der Waals surface area (Å²) in [5.41, 5.74) is -0.0856. The SMILES string of the molecule is C=S(C)(=O)c1[nH]ncc1C(=O)O. The Kier molecular flexibility index (Phi) is 1.93. The molecule has 0 aliphatic carbocycles. The third-order valence-corrected chi connectivity index (χ3v) is 2.44. The van der Waals surface area contributed by atoms with E-state index >= 15 is 0 Å². The second-order valence-electron chi connectivity index (χ2n) is 2.42. The first-order chi connectivity index (χ1) is 5.43. The van der Waals surface area contributed by atoms with Gasteiger partial charge in [0.15, 0.2) is 0 Å². The molecule has 0 fully saturated rings. The molecule has 0 bridgehead atoms. The van der Waals surface area contributed by atoms with Crippen molar-refractivity contribution in [2.24, 2.45) is 0 Å². The lowest BCUT2D eigenvalue weighted by molar-refractivity contribution is 0.0693. The van der Waals surface area contributed by atoms with Gasteiger partial charge in [0.25, 0.3) is 0 Å². The van der Waals surface area contributed by atoms with Crippen LogP contribution in [-0.2, 0) is 9.52 Å². The maximum Gasteiger partial charge on any atom is 0.340 e. The summed E-state index contributed by atoms with van der Waals surface area (Å²) in [6, 6.07) is 0. The number of nitrogens with zero attached hydrogens (tertiary/aromatic N) is 1. The van der Waals surface area contributed by atoms with Gasteiger partial charge in [-0.1, -0.05) is 0 Å². The summed E-state index contributed by atoms with van der Waals surface area (Å²) >= 11 is 0. The van der Waals surface area contributed by atoms with Crippen LogP contribution >= 0.6 is 0 Å².